The molecule has 3 fully saturated rings. The second-order valence-electron chi connectivity index (χ2n) is 13.1. The first-order valence-electron chi connectivity index (χ1n) is 14.3. The van der Waals surface area contributed by atoms with Gasteiger partial charge in [-0.15, -0.1) is 0 Å². The Kier molecular flexibility index (Phi) is 9.69. The van der Waals surface area contributed by atoms with E-state index in [0.29, 0.717) is 31.3 Å². The van der Waals surface area contributed by atoms with Crippen LogP contribution in [0.4, 0.5) is 0 Å². The first kappa shape index (κ1) is 29.9. The highest BCUT2D eigenvalue weighted by Crippen LogP contribution is 2.59. The zero-order valence-corrected chi connectivity index (χ0v) is 23.9. The van der Waals surface area contributed by atoms with Crippen molar-refractivity contribution in [2.75, 3.05) is 6.61 Å². The van der Waals surface area contributed by atoms with Gasteiger partial charge in [0.1, 0.15) is 0 Å². The van der Waals surface area contributed by atoms with E-state index in [-0.39, 0.29) is 23.2 Å². The lowest BCUT2D eigenvalue weighted by atomic mass is 9.61. The zero-order chi connectivity index (χ0) is 27.5. The van der Waals surface area contributed by atoms with Crippen LogP contribution in [0.25, 0.3) is 0 Å². The van der Waals surface area contributed by atoms with E-state index in [1.165, 1.54) is 12.0 Å². The standard InChI is InChI=1S/C32H50O5/c1-20(2)19-37-30(36)31(5,6)29(35)15-10-21(3)26-13-14-27-23(9-8-16-32(26,27)7)11-12-24-17-25(33)18-28(34)22(24)4/h10-12,15,20-21,25-29,33-35H,4,8-9,13-14,16-19H2,1-3,5-7H3/b15-10+,23-11+,24-12-/t21-,25-,26-,27+,28+,29-,32-/m1/s1. The predicted octanol–water partition coefficient (Wildman–Crippen LogP) is 5.91. The van der Waals surface area contributed by atoms with E-state index in [2.05, 4.69) is 38.7 Å². The van der Waals surface area contributed by atoms with E-state index in [1.54, 1.807) is 19.9 Å². The van der Waals surface area contributed by atoms with Crippen LogP contribution in [-0.2, 0) is 9.53 Å². The molecule has 3 aliphatic rings. The molecule has 5 nitrogen and oxygen atoms in total. The second-order valence-corrected chi connectivity index (χ2v) is 13.1. The topological polar surface area (TPSA) is 87.0 Å². The molecule has 0 amide bonds. The third-order valence-electron chi connectivity index (χ3n) is 9.35. The monoisotopic (exact) mass is 514 g/mol. The molecule has 0 heterocycles. The SMILES string of the molecule is C=C1/C(=C\C=C2/CCC[C@]3(C)[C@@H]([C@H](C)/C=C/[C@@H](O)C(C)(C)C(=O)OCC(C)C)CC[C@@H]23)C[C@@H](O)C[C@@H]1O. The molecule has 0 radical (unpaired) electrons. The number of ether oxygens (including phenoxy) is 1. The molecule has 5 heteroatoms. The van der Waals surface area contributed by atoms with Gasteiger partial charge in [0.15, 0.2) is 0 Å². The Balaban J connectivity index is 1.70. The molecular weight excluding hydrogens is 464 g/mol. The third-order valence-corrected chi connectivity index (χ3v) is 9.35. The molecule has 3 N–H and O–H groups in total. The van der Waals surface area contributed by atoms with E-state index in [9.17, 15) is 20.1 Å². The first-order chi connectivity index (χ1) is 17.3. The minimum atomic E-state index is -0.994. The number of carbonyl (C=O) groups excluding carboxylic acids is 1. The third kappa shape index (κ3) is 6.66. The van der Waals surface area contributed by atoms with Gasteiger partial charge in [-0.3, -0.25) is 4.79 Å². The Bertz CT molecular complexity index is 925. The molecule has 37 heavy (non-hydrogen) atoms. The maximum Gasteiger partial charge on any atom is 0.314 e. The molecule has 0 unspecified atom stereocenters. The lowest BCUT2D eigenvalue weighted by molar-refractivity contribution is -0.159. The predicted molar refractivity (Wildman–Crippen MR) is 149 cm³/mol. The Morgan fingerprint density at radius 2 is 1.89 bits per heavy atom. The van der Waals surface area contributed by atoms with Gasteiger partial charge in [-0.2, -0.15) is 0 Å². The molecule has 0 saturated heterocycles. The van der Waals surface area contributed by atoms with Crippen molar-refractivity contribution in [3.05, 3.63) is 47.6 Å². The summed E-state index contributed by atoms with van der Waals surface area (Å²) in [6.45, 7) is 16.6. The van der Waals surface area contributed by atoms with Gasteiger partial charge in [0, 0.05) is 6.42 Å². The van der Waals surface area contributed by atoms with Crippen LogP contribution >= 0.6 is 0 Å². The van der Waals surface area contributed by atoms with E-state index >= 15 is 0 Å². The van der Waals surface area contributed by atoms with Crippen LogP contribution in [0.5, 0.6) is 0 Å². The Hall–Kier alpha value is -1.69. The van der Waals surface area contributed by atoms with Crippen LogP contribution in [0.15, 0.2) is 47.6 Å². The number of carbonyl (C=O) groups is 1. The molecule has 0 aromatic carbocycles. The molecule has 3 aliphatic carbocycles. The number of hydrogen-bond donors (Lipinski definition) is 3. The van der Waals surface area contributed by atoms with Gasteiger partial charge in [-0.05, 0) is 92.6 Å². The van der Waals surface area contributed by atoms with Crippen molar-refractivity contribution in [3.8, 4) is 0 Å². The number of aliphatic hydroxyl groups excluding tert-OH is 3. The summed E-state index contributed by atoms with van der Waals surface area (Å²) in [4.78, 5) is 12.6. The molecule has 3 rings (SSSR count). The first-order valence-corrected chi connectivity index (χ1v) is 14.3. The van der Waals surface area contributed by atoms with Gasteiger partial charge in [-0.1, -0.05) is 64.2 Å². The van der Waals surface area contributed by atoms with Crippen LogP contribution in [-0.4, -0.2) is 46.2 Å². The number of aliphatic hydroxyl groups is 3. The van der Waals surface area contributed by atoms with Crippen LogP contribution < -0.4 is 0 Å². The zero-order valence-electron chi connectivity index (χ0n) is 23.9. The van der Waals surface area contributed by atoms with Crippen molar-refractivity contribution in [3.63, 3.8) is 0 Å². The van der Waals surface area contributed by atoms with Crippen molar-refractivity contribution in [2.24, 2.45) is 34.5 Å². The summed E-state index contributed by atoms with van der Waals surface area (Å²) in [5.74, 6) is 1.19. The number of hydrogen-bond acceptors (Lipinski definition) is 5. The number of esters is 1. The summed E-state index contributed by atoms with van der Waals surface area (Å²) in [6, 6.07) is 0. The van der Waals surface area contributed by atoms with Gasteiger partial charge < -0.3 is 20.1 Å². The largest absolute Gasteiger partial charge is 0.465 e. The summed E-state index contributed by atoms with van der Waals surface area (Å²) >= 11 is 0. The summed E-state index contributed by atoms with van der Waals surface area (Å²) in [5, 5.41) is 31.1. The van der Waals surface area contributed by atoms with Gasteiger partial charge in [0.05, 0.1) is 30.3 Å². The molecule has 0 aromatic rings. The van der Waals surface area contributed by atoms with Crippen LogP contribution in [0.2, 0.25) is 0 Å². The van der Waals surface area contributed by atoms with Crippen LogP contribution in [0.1, 0.15) is 86.5 Å². The molecule has 0 spiro atoms. The van der Waals surface area contributed by atoms with Crippen LogP contribution in [0.3, 0.4) is 0 Å². The van der Waals surface area contributed by atoms with E-state index in [1.807, 2.05) is 13.8 Å². The van der Waals surface area contributed by atoms with Gasteiger partial charge in [0.2, 0.25) is 0 Å². The Labute approximate surface area is 224 Å². The van der Waals surface area contributed by atoms with Crippen molar-refractivity contribution < 1.29 is 24.9 Å². The van der Waals surface area contributed by atoms with E-state index in [0.717, 1.165) is 36.8 Å². The highest BCUT2D eigenvalue weighted by Gasteiger charge is 2.50. The Morgan fingerprint density at radius 3 is 2.57 bits per heavy atom. The fourth-order valence-corrected chi connectivity index (χ4v) is 6.81. The molecule has 0 aliphatic heterocycles. The molecule has 0 bridgehead atoms. The summed E-state index contributed by atoms with van der Waals surface area (Å²) in [5.41, 5.74) is 2.35. The van der Waals surface area contributed by atoms with Gasteiger partial charge in [0.25, 0.3) is 0 Å². The molecule has 3 saturated carbocycles. The van der Waals surface area contributed by atoms with Crippen LogP contribution in [0, 0.1) is 34.5 Å². The average molecular weight is 515 g/mol. The highest BCUT2D eigenvalue weighted by atomic mass is 16.5. The molecule has 208 valence electrons. The lowest BCUT2D eigenvalue weighted by Crippen LogP contribution is -2.38. The van der Waals surface area contributed by atoms with Crippen molar-refractivity contribution >= 4 is 5.97 Å². The van der Waals surface area contributed by atoms with E-state index < -0.39 is 23.7 Å². The molecule has 7 atom stereocenters. The fraction of sp³-hybridized carbons (Fsp3) is 0.719. The average Bonchev–Trinajstić information content (AvgIpc) is 3.19. The maximum atomic E-state index is 12.6. The summed E-state index contributed by atoms with van der Waals surface area (Å²) in [6.07, 6.45) is 12.8. The van der Waals surface area contributed by atoms with Crippen molar-refractivity contribution in [2.45, 2.75) is 105 Å². The molecular formula is C32H50O5. The smallest absolute Gasteiger partial charge is 0.314 e. The number of fused-ring (bicyclic) bond motifs is 1. The highest BCUT2D eigenvalue weighted by molar-refractivity contribution is 5.77. The molecule has 0 aromatic heterocycles. The van der Waals surface area contributed by atoms with Crippen molar-refractivity contribution in [1.82, 2.24) is 0 Å². The quantitative estimate of drug-likeness (QED) is 0.277. The summed E-state index contributed by atoms with van der Waals surface area (Å²) in [7, 11) is 0. The van der Waals surface area contributed by atoms with E-state index in [4.69, 9.17) is 4.74 Å². The Morgan fingerprint density at radius 1 is 1.19 bits per heavy atom. The normalized spacial score (nSPS) is 34.8. The van der Waals surface area contributed by atoms with Crippen molar-refractivity contribution in [1.29, 1.82) is 0 Å². The second kappa shape index (κ2) is 12.0. The number of allylic oxidation sites excluding steroid dienone is 4. The minimum Gasteiger partial charge on any atom is -0.465 e. The van der Waals surface area contributed by atoms with Gasteiger partial charge >= 0.3 is 5.97 Å². The number of rotatable bonds is 8. The fourth-order valence-electron chi connectivity index (χ4n) is 6.81. The summed E-state index contributed by atoms with van der Waals surface area (Å²) < 4.78 is 5.40. The maximum absolute atomic E-state index is 12.6. The lowest BCUT2D eigenvalue weighted by Gasteiger charge is -2.44. The minimum absolute atomic E-state index is 0.186. The van der Waals surface area contributed by atoms with Gasteiger partial charge in [-0.25, -0.2) is 0 Å².